The number of hydrogen-bond acceptors (Lipinski definition) is 1. The van der Waals surface area contributed by atoms with Gasteiger partial charge in [-0.15, -0.1) is 0 Å². The molecule has 1 aliphatic rings. The number of hydrogen-bond donors (Lipinski definition) is 0. The van der Waals surface area contributed by atoms with Gasteiger partial charge in [-0.05, 0) is 24.5 Å². The van der Waals surface area contributed by atoms with Crippen molar-refractivity contribution in [3.63, 3.8) is 0 Å². The van der Waals surface area contributed by atoms with Gasteiger partial charge in [-0.2, -0.15) is 0 Å². The molecule has 1 radical (unpaired) electrons. The zero-order valence-electron chi connectivity index (χ0n) is 10.3. The maximum atomic E-state index is 11.7. The Morgan fingerprint density at radius 2 is 2.12 bits per heavy atom. The number of nitrogens with zero attached hydrogens (tertiary/aromatic N) is 2. The summed E-state index contributed by atoms with van der Waals surface area (Å²) in [6.45, 7) is 4.21. The maximum absolute atomic E-state index is 11.7. The Morgan fingerprint density at radius 1 is 1.35 bits per heavy atom. The van der Waals surface area contributed by atoms with E-state index in [2.05, 4.69) is 31.3 Å². The molecule has 3 heteroatoms. The highest BCUT2D eigenvalue weighted by Gasteiger charge is 2.26. The Bertz CT molecular complexity index is 440. The summed E-state index contributed by atoms with van der Waals surface area (Å²) in [5, 5.41) is 3.78. The zero-order chi connectivity index (χ0) is 12.3. The predicted molar refractivity (Wildman–Crippen MR) is 67.3 cm³/mol. The van der Waals surface area contributed by atoms with Gasteiger partial charge in [0.25, 0.3) is 0 Å². The predicted octanol–water partition coefficient (Wildman–Crippen LogP) is 3.35. The Balaban J connectivity index is 2.32. The van der Waals surface area contributed by atoms with Crippen molar-refractivity contribution in [1.82, 2.24) is 10.2 Å². The number of amides is 2. The van der Waals surface area contributed by atoms with Gasteiger partial charge in [0.15, 0.2) is 0 Å². The molecule has 1 aromatic carbocycles. The molecule has 0 spiro atoms. The summed E-state index contributed by atoms with van der Waals surface area (Å²) in [5.41, 5.74) is 2.43. The lowest BCUT2D eigenvalue weighted by Crippen LogP contribution is -2.29. The lowest BCUT2D eigenvalue weighted by atomic mass is 9.97. The number of aryl methyl sites for hydroxylation is 1. The minimum absolute atomic E-state index is 0.108. The van der Waals surface area contributed by atoms with E-state index in [9.17, 15) is 4.79 Å². The second-order valence-electron chi connectivity index (χ2n) is 4.28. The van der Waals surface area contributed by atoms with E-state index in [0.29, 0.717) is 0 Å². The fourth-order valence-electron chi connectivity index (χ4n) is 2.22. The summed E-state index contributed by atoms with van der Waals surface area (Å²) >= 11 is 0. The van der Waals surface area contributed by atoms with E-state index in [1.165, 1.54) is 11.1 Å². The van der Waals surface area contributed by atoms with Gasteiger partial charge >= 0.3 is 6.03 Å². The van der Waals surface area contributed by atoms with E-state index in [0.717, 1.165) is 12.8 Å². The first-order valence-corrected chi connectivity index (χ1v) is 5.99. The van der Waals surface area contributed by atoms with E-state index in [1.807, 2.05) is 12.1 Å². The van der Waals surface area contributed by atoms with Crippen molar-refractivity contribution in [1.29, 1.82) is 0 Å². The van der Waals surface area contributed by atoms with Gasteiger partial charge in [-0.25, -0.2) is 10.1 Å². The quantitative estimate of drug-likeness (QED) is 0.779. The van der Waals surface area contributed by atoms with Gasteiger partial charge in [0, 0.05) is 12.4 Å². The first-order valence-electron chi connectivity index (χ1n) is 5.99. The molecule has 3 nitrogen and oxygen atoms in total. The highest BCUT2D eigenvalue weighted by Crippen LogP contribution is 2.29. The van der Waals surface area contributed by atoms with Crippen LogP contribution in [0.4, 0.5) is 4.79 Å². The molecule has 2 amide bonds. The van der Waals surface area contributed by atoms with Crippen LogP contribution in [0.5, 0.6) is 0 Å². The minimum Gasteiger partial charge on any atom is -0.290 e. The molecule has 0 aliphatic carbocycles. The highest BCUT2D eigenvalue weighted by atomic mass is 16.2. The number of carbonyl (C=O) groups excluding carboxylic acids is 1. The Kier molecular flexibility index (Phi) is 3.47. The normalized spacial score (nSPS) is 16.1. The summed E-state index contributed by atoms with van der Waals surface area (Å²) in [5.74, 6) is 0. The van der Waals surface area contributed by atoms with Crippen LogP contribution in [0, 0.1) is 6.92 Å². The summed E-state index contributed by atoms with van der Waals surface area (Å²) in [6.07, 6.45) is 5.34. The molecule has 1 atom stereocenters. The topological polar surface area (TPSA) is 34.4 Å². The molecule has 1 aliphatic heterocycles. The van der Waals surface area contributed by atoms with E-state index in [1.54, 1.807) is 17.3 Å². The molecule has 1 heterocycles. The van der Waals surface area contributed by atoms with Crippen molar-refractivity contribution in [2.45, 2.75) is 32.7 Å². The van der Waals surface area contributed by atoms with Crippen LogP contribution < -0.4 is 5.32 Å². The van der Waals surface area contributed by atoms with Crippen LogP contribution in [-0.2, 0) is 0 Å². The summed E-state index contributed by atoms with van der Waals surface area (Å²) < 4.78 is 0. The molecule has 0 saturated heterocycles. The third-order valence-corrected chi connectivity index (χ3v) is 3.08. The molecular formula is C14H17N2O. The number of carbonyl (C=O) groups is 1. The van der Waals surface area contributed by atoms with Crippen molar-refractivity contribution in [3.8, 4) is 0 Å². The first kappa shape index (κ1) is 11.7. The fourth-order valence-corrected chi connectivity index (χ4v) is 2.22. The Hall–Kier alpha value is -1.77. The SMILES string of the molecule is CCCC(c1ccccc1C)N1C=C[N]C1=O. The maximum Gasteiger partial charge on any atom is 0.348 e. The van der Waals surface area contributed by atoms with Crippen LogP contribution in [0.1, 0.15) is 36.9 Å². The zero-order valence-corrected chi connectivity index (χ0v) is 10.3. The van der Waals surface area contributed by atoms with Gasteiger partial charge in [-0.3, -0.25) is 4.90 Å². The largest absolute Gasteiger partial charge is 0.348 e. The number of urea groups is 1. The molecule has 0 N–H and O–H groups in total. The fraction of sp³-hybridized carbons (Fsp3) is 0.357. The van der Waals surface area contributed by atoms with Crippen LogP contribution >= 0.6 is 0 Å². The monoisotopic (exact) mass is 229 g/mol. The smallest absolute Gasteiger partial charge is 0.290 e. The van der Waals surface area contributed by atoms with Gasteiger partial charge in [0.05, 0.1) is 6.04 Å². The van der Waals surface area contributed by atoms with Gasteiger partial charge in [-0.1, -0.05) is 37.6 Å². The van der Waals surface area contributed by atoms with Crippen molar-refractivity contribution in [2.75, 3.05) is 0 Å². The molecule has 1 unspecified atom stereocenters. The lowest BCUT2D eigenvalue weighted by molar-refractivity contribution is 0.206. The average molecular weight is 229 g/mol. The van der Waals surface area contributed by atoms with Crippen LogP contribution in [0.15, 0.2) is 36.7 Å². The third kappa shape index (κ3) is 2.33. The molecular weight excluding hydrogens is 212 g/mol. The molecule has 0 aromatic heterocycles. The van der Waals surface area contributed by atoms with E-state index in [-0.39, 0.29) is 12.1 Å². The van der Waals surface area contributed by atoms with E-state index >= 15 is 0 Å². The van der Waals surface area contributed by atoms with E-state index in [4.69, 9.17) is 0 Å². The summed E-state index contributed by atoms with van der Waals surface area (Å²) in [7, 11) is 0. The van der Waals surface area contributed by atoms with Crippen LogP contribution in [0.2, 0.25) is 0 Å². The molecule has 1 aromatic rings. The molecule has 2 rings (SSSR count). The van der Waals surface area contributed by atoms with Crippen molar-refractivity contribution in [3.05, 3.63) is 47.8 Å². The molecule has 89 valence electrons. The average Bonchev–Trinajstić information content (AvgIpc) is 2.74. The molecule has 17 heavy (non-hydrogen) atoms. The first-order chi connectivity index (χ1) is 8.24. The van der Waals surface area contributed by atoms with Crippen molar-refractivity contribution in [2.24, 2.45) is 0 Å². The Labute approximate surface area is 102 Å². The molecule has 0 fully saturated rings. The van der Waals surface area contributed by atoms with Gasteiger partial charge in [0.1, 0.15) is 0 Å². The summed E-state index contributed by atoms with van der Waals surface area (Å²) in [6, 6.07) is 8.16. The summed E-state index contributed by atoms with van der Waals surface area (Å²) in [4.78, 5) is 13.4. The second kappa shape index (κ2) is 5.04. The second-order valence-corrected chi connectivity index (χ2v) is 4.28. The molecule has 0 saturated carbocycles. The van der Waals surface area contributed by atoms with Gasteiger partial charge in [0.2, 0.25) is 0 Å². The Morgan fingerprint density at radius 3 is 2.71 bits per heavy atom. The van der Waals surface area contributed by atoms with Crippen LogP contribution in [0.3, 0.4) is 0 Å². The van der Waals surface area contributed by atoms with Crippen LogP contribution in [-0.4, -0.2) is 10.9 Å². The standard InChI is InChI=1S/C14H17N2O/c1-3-6-13(16-10-9-15-14(16)17)12-8-5-4-7-11(12)2/h4-5,7-10,13H,3,6H2,1-2H3. The highest BCUT2D eigenvalue weighted by molar-refractivity contribution is 5.79. The van der Waals surface area contributed by atoms with Crippen LogP contribution in [0.25, 0.3) is 0 Å². The van der Waals surface area contributed by atoms with Gasteiger partial charge < -0.3 is 0 Å². The minimum atomic E-state index is -0.160. The number of rotatable bonds is 4. The third-order valence-electron chi connectivity index (χ3n) is 3.08. The molecule has 0 bridgehead atoms. The number of benzene rings is 1. The van der Waals surface area contributed by atoms with E-state index < -0.39 is 0 Å². The van der Waals surface area contributed by atoms with Crippen molar-refractivity contribution >= 4 is 6.03 Å². The lowest BCUT2D eigenvalue weighted by Gasteiger charge is -2.26. The van der Waals surface area contributed by atoms with Crippen molar-refractivity contribution < 1.29 is 4.79 Å².